The summed E-state index contributed by atoms with van der Waals surface area (Å²) >= 11 is 13.9. The molecule has 2 aromatic carbocycles. The summed E-state index contributed by atoms with van der Waals surface area (Å²) in [6.07, 6.45) is 2.03. The van der Waals surface area contributed by atoms with Crippen molar-refractivity contribution in [1.82, 2.24) is 0 Å². The van der Waals surface area contributed by atoms with E-state index in [1.165, 1.54) is 0 Å². The lowest BCUT2D eigenvalue weighted by atomic mass is 9.99. The third-order valence-corrected chi connectivity index (χ3v) is 4.16. The summed E-state index contributed by atoms with van der Waals surface area (Å²) in [5.41, 5.74) is 8.22. The fourth-order valence-electron chi connectivity index (χ4n) is 1.84. The van der Waals surface area contributed by atoms with Gasteiger partial charge in [0.2, 0.25) is 0 Å². The summed E-state index contributed by atoms with van der Waals surface area (Å²) in [5.74, 6) is 0. The molecule has 0 fully saturated rings. The summed E-state index contributed by atoms with van der Waals surface area (Å²) in [4.78, 5) is 1.15. The molecule has 0 amide bonds. The molecule has 2 aromatic rings. The van der Waals surface area contributed by atoms with Gasteiger partial charge < -0.3 is 5.73 Å². The molecule has 0 aliphatic rings. The minimum atomic E-state index is -0.264. The molecule has 94 valence electrons. The van der Waals surface area contributed by atoms with Crippen LogP contribution in [-0.2, 0) is 0 Å². The molecule has 1 unspecified atom stereocenters. The molecule has 0 radical (unpaired) electrons. The van der Waals surface area contributed by atoms with Gasteiger partial charge in [0, 0.05) is 14.9 Å². The molecule has 0 aromatic heterocycles. The van der Waals surface area contributed by atoms with E-state index in [4.69, 9.17) is 28.9 Å². The Bertz CT molecular complexity index is 557. The van der Waals surface area contributed by atoms with Gasteiger partial charge in [-0.1, -0.05) is 41.4 Å². The SMILES string of the molecule is CSc1ccccc1C(N)c1cc(Cl)ccc1Cl. The molecule has 1 atom stereocenters. The van der Waals surface area contributed by atoms with Gasteiger partial charge in [-0.25, -0.2) is 0 Å². The van der Waals surface area contributed by atoms with E-state index in [2.05, 4.69) is 6.07 Å². The van der Waals surface area contributed by atoms with Crippen molar-refractivity contribution >= 4 is 35.0 Å². The Labute approximate surface area is 121 Å². The second-order valence-corrected chi connectivity index (χ2v) is 5.58. The van der Waals surface area contributed by atoms with E-state index < -0.39 is 0 Å². The van der Waals surface area contributed by atoms with Crippen LogP contribution in [0.25, 0.3) is 0 Å². The van der Waals surface area contributed by atoms with Crippen molar-refractivity contribution < 1.29 is 0 Å². The molecule has 0 bridgehead atoms. The van der Waals surface area contributed by atoms with Crippen LogP contribution in [0.5, 0.6) is 0 Å². The predicted octanol–water partition coefficient (Wildman–Crippen LogP) is 4.76. The topological polar surface area (TPSA) is 26.0 Å². The van der Waals surface area contributed by atoms with Crippen LogP contribution in [0.1, 0.15) is 17.2 Å². The number of thioether (sulfide) groups is 1. The summed E-state index contributed by atoms with van der Waals surface area (Å²) in [7, 11) is 0. The van der Waals surface area contributed by atoms with Crippen molar-refractivity contribution in [3.8, 4) is 0 Å². The molecule has 0 aliphatic carbocycles. The van der Waals surface area contributed by atoms with Gasteiger partial charge in [0.25, 0.3) is 0 Å². The lowest BCUT2D eigenvalue weighted by Gasteiger charge is -2.17. The highest BCUT2D eigenvalue weighted by Gasteiger charge is 2.15. The highest BCUT2D eigenvalue weighted by Crippen LogP contribution is 2.33. The first-order chi connectivity index (χ1) is 8.63. The summed E-state index contributed by atoms with van der Waals surface area (Å²) in [5, 5.41) is 1.29. The van der Waals surface area contributed by atoms with Gasteiger partial charge in [0.1, 0.15) is 0 Å². The highest BCUT2D eigenvalue weighted by atomic mass is 35.5. The minimum absolute atomic E-state index is 0.264. The van der Waals surface area contributed by atoms with Crippen LogP contribution in [-0.4, -0.2) is 6.26 Å². The molecule has 18 heavy (non-hydrogen) atoms. The smallest absolute Gasteiger partial charge is 0.0578 e. The number of halogens is 2. The first kappa shape index (κ1) is 13.8. The maximum atomic E-state index is 6.31. The Balaban J connectivity index is 2.47. The van der Waals surface area contributed by atoms with E-state index in [-0.39, 0.29) is 6.04 Å². The largest absolute Gasteiger partial charge is 0.320 e. The van der Waals surface area contributed by atoms with Crippen LogP contribution in [0, 0.1) is 0 Å². The molecule has 0 heterocycles. The maximum absolute atomic E-state index is 6.31. The molecule has 4 heteroatoms. The van der Waals surface area contributed by atoms with E-state index >= 15 is 0 Å². The minimum Gasteiger partial charge on any atom is -0.320 e. The van der Waals surface area contributed by atoms with Gasteiger partial charge in [0.15, 0.2) is 0 Å². The Kier molecular flexibility index (Phi) is 4.57. The fraction of sp³-hybridized carbons (Fsp3) is 0.143. The van der Waals surface area contributed by atoms with E-state index in [1.54, 1.807) is 23.9 Å². The Morgan fingerprint density at radius 2 is 1.78 bits per heavy atom. The van der Waals surface area contributed by atoms with Crippen LogP contribution in [0.3, 0.4) is 0 Å². The zero-order valence-corrected chi connectivity index (χ0v) is 12.2. The normalized spacial score (nSPS) is 12.4. The average Bonchev–Trinajstić information content (AvgIpc) is 2.40. The molecule has 0 aliphatic heterocycles. The van der Waals surface area contributed by atoms with E-state index in [9.17, 15) is 0 Å². The average molecular weight is 298 g/mol. The molecule has 0 saturated heterocycles. The van der Waals surface area contributed by atoms with Gasteiger partial charge in [0.05, 0.1) is 6.04 Å². The van der Waals surface area contributed by atoms with Crippen LogP contribution < -0.4 is 5.73 Å². The van der Waals surface area contributed by atoms with E-state index in [0.717, 1.165) is 16.0 Å². The second kappa shape index (κ2) is 5.98. The molecule has 0 saturated carbocycles. The highest BCUT2D eigenvalue weighted by molar-refractivity contribution is 7.98. The van der Waals surface area contributed by atoms with Gasteiger partial charge >= 0.3 is 0 Å². The Morgan fingerprint density at radius 3 is 2.50 bits per heavy atom. The first-order valence-electron chi connectivity index (χ1n) is 5.47. The maximum Gasteiger partial charge on any atom is 0.0578 e. The summed E-state index contributed by atoms with van der Waals surface area (Å²) in [6.45, 7) is 0. The van der Waals surface area contributed by atoms with Crippen LogP contribution in [0.2, 0.25) is 10.0 Å². The van der Waals surface area contributed by atoms with Crippen LogP contribution >= 0.6 is 35.0 Å². The summed E-state index contributed by atoms with van der Waals surface area (Å²) < 4.78 is 0. The van der Waals surface area contributed by atoms with Gasteiger partial charge in [-0.05, 0) is 41.6 Å². The van der Waals surface area contributed by atoms with Crippen molar-refractivity contribution in [2.24, 2.45) is 5.73 Å². The second-order valence-electron chi connectivity index (χ2n) is 3.89. The molecular formula is C14H13Cl2NS. The monoisotopic (exact) mass is 297 g/mol. The van der Waals surface area contributed by atoms with E-state index in [1.807, 2.05) is 30.5 Å². The molecular weight excluding hydrogens is 285 g/mol. The lowest BCUT2D eigenvalue weighted by Crippen LogP contribution is -2.13. The fourth-order valence-corrected chi connectivity index (χ4v) is 2.90. The van der Waals surface area contributed by atoms with Crippen molar-refractivity contribution in [3.05, 3.63) is 63.6 Å². The standard InChI is InChI=1S/C14H13Cl2NS/c1-18-13-5-3-2-4-10(13)14(17)11-8-9(15)6-7-12(11)16/h2-8,14H,17H2,1H3. The Morgan fingerprint density at radius 1 is 1.06 bits per heavy atom. The number of nitrogens with two attached hydrogens (primary N) is 1. The quantitative estimate of drug-likeness (QED) is 0.826. The van der Waals surface area contributed by atoms with Crippen molar-refractivity contribution in [3.63, 3.8) is 0 Å². The number of hydrogen-bond acceptors (Lipinski definition) is 2. The first-order valence-corrected chi connectivity index (χ1v) is 7.45. The van der Waals surface area contributed by atoms with Gasteiger partial charge in [-0.15, -0.1) is 11.8 Å². The third-order valence-electron chi connectivity index (χ3n) is 2.77. The van der Waals surface area contributed by atoms with Crippen LogP contribution in [0.4, 0.5) is 0 Å². The number of benzene rings is 2. The Hall–Kier alpha value is -0.670. The third kappa shape index (κ3) is 2.83. The van der Waals surface area contributed by atoms with Crippen molar-refractivity contribution in [2.45, 2.75) is 10.9 Å². The molecule has 2 N–H and O–H groups in total. The van der Waals surface area contributed by atoms with E-state index in [0.29, 0.717) is 10.0 Å². The molecule has 1 nitrogen and oxygen atoms in total. The lowest BCUT2D eigenvalue weighted by molar-refractivity contribution is 0.848. The summed E-state index contributed by atoms with van der Waals surface area (Å²) in [6, 6.07) is 13.2. The number of hydrogen-bond donors (Lipinski definition) is 1. The predicted molar refractivity (Wildman–Crippen MR) is 80.7 cm³/mol. The van der Waals surface area contributed by atoms with Gasteiger partial charge in [-0.3, -0.25) is 0 Å². The molecule has 2 rings (SSSR count). The van der Waals surface area contributed by atoms with Crippen LogP contribution in [0.15, 0.2) is 47.4 Å². The zero-order chi connectivity index (χ0) is 13.1. The zero-order valence-electron chi connectivity index (χ0n) is 9.86. The van der Waals surface area contributed by atoms with Crippen molar-refractivity contribution in [1.29, 1.82) is 0 Å². The van der Waals surface area contributed by atoms with Crippen molar-refractivity contribution in [2.75, 3.05) is 6.26 Å². The van der Waals surface area contributed by atoms with Gasteiger partial charge in [-0.2, -0.15) is 0 Å². The number of rotatable bonds is 3. The molecule has 0 spiro atoms.